The Balaban J connectivity index is 0.000000154. The summed E-state index contributed by atoms with van der Waals surface area (Å²) in [6.45, 7) is 15.6. The van der Waals surface area contributed by atoms with Crippen molar-refractivity contribution >= 4 is 119 Å². The highest BCUT2D eigenvalue weighted by Gasteiger charge is 2.35. The van der Waals surface area contributed by atoms with Crippen molar-refractivity contribution in [2.24, 2.45) is 26.6 Å². The SMILES string of the molecule is C.C.C.COc1ccc2c(c1)n(-c1nc(C(=O)Nc3cnccc3N3CCNCC3)cs1)c(=O)n2C.Cn1c(=O)n(-c2nc(C(=O)Nc3cnccc3N3CCNCC3)cs2)c2ccc(OCC3CCCO3)cc21.Cn1c(=O)n(-c2nc(C(=O)Nc3cnccc3N3CCNCC3)cs2)c2cccc(OCC3(C)COC3)c21. The van der Waals surface area contributed by atoms with Gasteiger partial charge in [0.1, 0.15) is 46.5 Å². The average Bonchev–Trinajstić information content (AvgIpc) is 1.61. The highest BCUT2D eigenvalue weighted by Crippen LogP contribution is 2.35. The molecule has 35 heteroatoms. The number of hydrogen-bond acceptors (Lipinski definition) is 26. The lowest BCUT2D eigenvalue weighted by Crippen LogP contribution is -2.44. The molecule has 9 aromatic heterocycles. The monoisotopic (exact) mass is 1580 g/mol. The second-order valence-corrected chi connectivity index (χ2v) is 29.5. The number of carbonyl (C=O) groups is 3. The van der Waals surface area contributed by atoms with Gasteiger partial charge in [-0.3, -0.25) is 43.0 Å². The summed E-state index contributed by atoms with van der Waals surface area (Å²) in [4.78, 5) is 111. The number of imidazole rings is 3. The Morgan fingerprint density at radius 3 is 1.43 bits per heavy atom. The van der Waals surface area contributed by atoms with Gasteiger partial charge < -0.3 is 70.3 Å². The lowest BCUT2D eigenvalue weighted by Gasteiger charge is -2.37. The number of aryl methyl sites for hydroxylation is 3. The van der Waals surface area contributed by atoms with Gasteiger partial charge in [0.05, 0.1) is 113 Å². The van der Waals surface area contributed by atoms with Gasteiger partial charge in [0.15, 0.2) is 15.4 Å². The molecule has 32 nitrogen and oxygen atoms in total. The van der Waals surface area contributed by atoms with Crippen molar-refractivity contribution in [3.05, 3.63) is 175 Å². The molecule has 0 aliphatic carbocycles. The van der Waals surface area contributed by atoms with Crippen molar-refractivity contribution in [2.45, 2.75) is 48.1 Å². The number of benzene rings is 3. The molecule has 0 saturated carbocycles. The Hall–Kier alpha value is -11.2. The predicted molar refractivity (Wildman–Crippen MR) is 440 cm³/mol. The molecule has 17 rings (SSSR count). The molecule has 590 valence electrons. The lowest BCUT2D eigenvalue weighted by molar-refractivity contribution is -0.120. The van der Waals surface area contributed by atoms with Gasteiger partial charge in [-0.05, 0) is 67.4 Å². The fourth-order valence-electron chi connectivity index (χ4n) is 13.6. The summed E-state index contributed by atoms with van der Waals surface area (Å²) in [6, 6.07) is 22.2. The zero-order valence-electron chi connectivity index (χ0n) is 60.6. The van der Waals surface area contributed by atoms with Crippen LogP contribution in [0.4, 0.5) is 34.1 Å². The molecule has 5 aliphatic heterocycles. The molecule has 0 bridgehead atoms. The van der Waals surface area contributed by atoms with Gasteiger partial charge in [0.25, 0.3) is 17.7 Å². The maximum Gasteiger partial charge on any atom is 0.335 e. The van der Waals surface area contributed by atoms with Gasteiger partial charge in [0, 0.05) is 159 Å². The van der Waals surface area contributed by atoms with E-state index < -0.39 is 0 Å². The van der Waals surface area contributed by atoms with Crippen LogP contribution in [-0.2, 0) is 30.6 Å². The van der Waals surface area contributed by atoms with Crippen molar-refractivity contribution in [2.75, 3.05) is 149 Å². The quantitative estimate of drug-likeness (QED) is 0.0442. The number of pyridine rings is 3. The first-order valence-corrected chi connectivity index (χ1v) is 38.4. The Kier molecular flexibility index (Phi) is 25.4. The number of piperazine rings is 3. The number of anilines is 6. The van der Waals surface area contributed by atoms with E-state index in [0.29, 0.717) is 98.2 Å². The third-order valence-corrected chi connectivity index (χ3v) is 22.0. The molecule has 5 fully saturated rings. The fourth-order valence-corrected chi connectivity index (χ4v) is 16.1. The standard InChI is InChI=1S/2C26H29N7O4S.C22H23N7O3S.3CH4/c1-26(14-36-15-26)16-37-21-5-3-4-20-22(21)31(2)25(35)33(20)24-30-18(13-38-24)23(34)29-17-12-28-7-6-19(17)32-10-8-27-9-11-32;1-31-23-13-17(37-15-18-3-2-12-36-18)4-5-22(23)33(26(31)35)25-30-20(16-38-25)24(34)29-19-14-28-7-6-21(19)32-10-8-27-9-11-32;1-27-18-4-3-14(32-2)11-19(18)29(22(27)31)21-26-16(13-33-21)20(30)25-15-12-24-6-5-17(15)28-9-7-23-8-10-28;;;/h3-7,12-13,27H,8-11,14-16H2,1-2H3,(H,29,34);4-7,13-14,16,18,27H,2-3,8-12,15H2,1H3,(H,29,34);3-6,11-13,23H,7-10H2,1-2H3,(H,25,30);3*1H4. The normalized spacial score (nSPS) is 15.8. The van der Waals surface area contributed by atoms with E-state index in [1.54, 1.807) is 107 Å². The summed E-state index contributed by atoms with van der Waals surface area (Å²) in [5.41, 5.74) is 8.75. The van der Waals surface area contributed by atoms with Crippen molar-refractivity contribution in [3.63, 3.8) is 0 Å². The molecule has 0 spiro atoms. The molecule has 5 aliphatic rings. The summed E-state index contributed by atoms with van der Waals surface area (Å²) < 4.78 is 37.5. The number of methoxy groups -OCH3 is 1. The van der Waals surface area contributed by atoms with E-state index in [1.165, 1.54) is 47.7 Å². The number of nitrogens with one attached hydrogen (secondary N) is 6. The van der Waals surface area contributed by atoms with Crippen LogP contribution in [0.15, 0.2) is 141 Å². The Morgan fingerprint density at radius 1 is 0.536 bits per heavy atom. The van der Waals surface area contributed by atoms with Gasteiger partial charge >= 0.3 is 17.1 Å². The lowest BCUT2D eigenvalue weighted by atomic mass is 9.90. The van der Waals surface area contributed by atoms with Crippen LogP contribution in [0.25, 0.3) is 48.5 Å². The molecule has 1 atom stereocenters. The number of para-hydroxylation sites is 1. The fraction of sp³-hybridized carbons (Fsp3) is 0.377. The molecule has 0 radical (unpaired) electrons. The third kappa shape index (κ3) is 16.9. The average molecular weight is 1580 g/mol. The van der Waals surface area contributed by atoms with E-state index in [2.05, 4.69) is 83.4 Å². The molecule has 14 heterocycles. The first-order valence-electron chi connectivity index (χ1n) is 35.7. The minimum absolute atomic E-state index is 0. The van der Waals surface area contributed by atoms with Crippen LogP contribution in [-0.4, -0.2) is 200 Å². The van der Waals surface area contributed by atoms with Crippen molar-refractivity contribution in [1.29, 1.82) is 0 Å². The number of nitrogens with zero attached hydrogens (tertiary/aromatic N) is 15. The number of thiazole rings is 3. The van der Waals surface area contributed by atoms with E-state index >= 15 is 0 Å². The highest BCUT2D eigenvalue weighted by molar-refractivity contribution is 7.13. The molecule has 1 unspecified atom stereocenters. The van der Waals surface area contributed by atoms with Gasteiger partial charge in [-0.15, -0.1) is 34.0 Å². The predicted octanol–water partition coefficient (Wildman–Crippen LogP) is 8.42. The zero-order chi connectivity index (χ0) is 75.3. The summed E-state index contributed by atoms with van der Waals surface area (Å²) in [6.07, 6.45) is 12.3. The first kappa shape index (κ1) is 80.3. The molecule has 6 N–H and O–H groups in total. The molecule has 12 aromatic rings. The van der Waals surface area contributed by atoms with Gasteiger partial charge in [-0.25, -0.2) is 43.0 Å². The Morgan fingerprint density at radius 2 is 0.973 bits per heavy atom. The largest absolute Gasteiger partial charge is 0.497 e. The van der Waals surface area contributed by atoms with Gasteiger partial charge in [-0.1, -0.05) is 35.3 Å². The molecule has 3 aromatic carbocycles. The van der Waals surface area contributed by atoms with E-state index in [9.17, 15) is 28.8 Å². The second-order valence-electron chi connectivity index (χ2n) is 27.0. The number of rotatable bonds is 19. The van der Waals surface area contributed by atoms with Crippen LogP contribution in [0.1, 0.15) is 73.5 Å². The van der Waals surface area contributed by atoms with Crippen LogP contribution in [0.3, 0.4) is 0 Å². The number of hydrogen-bond donors (Lipinski definition) is 6. The summed E-state index contributed by atoms with van der Waals surface area (Å²) in [7, 11) is 6.70. The smallest absolute Gasteiger partial charge is 0.335 e. The minimum atomic E-state index is -0.356. The maximum absolute atomic E-state index is 13.3. The number of amides is 3. The summed E-state index contributed by atoms with van der Waals surface area (Å²) in [5.74, 6) is 0.874. The van der Waals surface area contributed by atoms with Crippen LogP contribution in [0.2, 0.25) is 0 Å². The first-order chi connectivity index (χ1) is 53.1. The molecular formula is C77H93N21O11S3. The van der Waals surface area contributed by atoms with Crippen LogP contribution < -0.4 is 77.9 Å². The minimum Gasteiger partial charge on any atom is -0.497 e. The molecule has 5 saturated heterocycles. The Bertz CT molecular complexity index is 5510. The van der Waals surface area contributed by atoms with Gasteiger partial charge in [0.2, 0.25) is 0 Å². The van der Waals surface area contributed by atoms with Crippen LogP contribution >= 0.6 is 34.0 Å². The highest BCUT2D eigenvalue weighted by atomic mass is 32.1. The molecule has 112 heavy (non-hydrogen) atoms. The second kappa shape index (κ2) is 35.5. The van der Waals surface area contributed by atoms with E-state index in [4.69, 9.17) is 23.7 Å². The van der Waals surface area contributed by atoms with E-state index in [0.717, 1.165) is 126 Å². The van der Waals surface area contributed by atoms with E-state index in [-0.39, 0.29) is 85.7 Å². The zero-order valence-corrected chi connectivity index (χ0v) is 63.0. The summed E-state index contributed by atoms with van der Waals surface area (Å²) >= 11 is 3.71. The van der Waals surface area contributed by atoms with Crippen molar-refractivity contribution in [3.8, 4) is 32.6 Å². The number of fused-ring (bicyclic) bond motifs is 3. The van der Waals surface area contributed by atoms with Gasteiger partial charge in [-0.2, -0.15) is 0 Å². The molecular weight excluding hydrogens is 1490 g/mol. The summed E-state index contributed by atoms with van der Waals surface area (Å²) in [5, 5.41) is 25.1. The van der Waals surface area contributed by atoms with Crippen LogP contribution in [0, 0.1) is 5.41 Å². The molecule has 3 amide bonds. The van der Waals surface area contributed by atoms with Crippen molar-refractivity contribution in [1.82, 2.24) is 73.3 Å². The number of aromatic nitrogens is 12. The number of ether oxygens (including phenoxy) is 5. The Labute approximate surface area is 658 Å². The van der Waals surface area contributed by atoms with Crippen LogP contribution in [0.5, 0.6) is 17.2 Å². The maximum atomic E-state index is 13.3. The van der Waals surface area contributed by atoms with E-state index in [1.807, 2.05) is 60.7 Å². The topological polar surface area (TPSA) is 337 Å². The van der Waals surface area contributed by atoms with Crippen molar-refractivity contribution < 1.29 is 38.1 Å². The number of carbonyl (C=O) groups excluding carboxylic acids is 3. The third-order valence-electron chi connectivity index (χ3n) is 19.5.